The summed E-state index contributed by atoms with van der Waals surface area (Å²) in [4.78, 5) is 4.22. The summed E-state index contributed by atoms with van der Waals surface area (Å²) in [6.45, 7) is 0.237. The van der Waals surface area contributed by atoms with E-state index in [0.29, 0.717) is 28.8 Å². The topological polar surface area (TPSA) is 102 Å². The molecule has 0 aliphatic carbocycles. The van der Waals surface area contributed by atoms with Crippen LogP contribution < -0.4 is 10.5 Å². The van der Waals surface area contributed by atoms with E-state index in [1.807, 2.05) is 0 Å². The number of rotatable bonds is 6. The predicted octanol–water partition coefficient (Wildman–Crippen LogP) is 0.864. The molecule has 1 heterocycles. The van der Waals surface area contributed by atoms with Gasteiger partial charge < -0.3 is 5.73 Å². The van der Waals surface area contributed by atoms with Crippen molar-refractivity contribution in [3.05, 3.63) is 30.5 Å². The summed E-state index contributed by atoms with van der Waals surface area (Å²) in [6, 6.07) is 6.45. The number of hydrogen-bond acceptors (Lipinski definition) is 5. The first-order chi connectivity index (χ1) is 9.92. The van der Waals surface area contributed by atoms with Gasteiger partial charge in [-0.05, 0) is 30.7 Å². The number of hydrogen-bond donors (Lipinski definition) is 2. The first kappa shape index (κ1) is 15.9. The molecule has 0 saturated heterocycles. The minimum atomic E-state index is -3.67. The van der Waals surface area contributed by atoms with Crippen molar-refractivity contribution in [1.29, 1.82) is 0 Å². The van der Waals surface area contributed by atoms with E-state index in [9.17, 15) is 12.6 Å². The molecule has 0 saturated carbocycles. The van der Waals surface area contributed by atoms with Crippen molar-refractivity contribution in [3.8, 4) is 0 Å². The van der Waals surface area contributed by atoms with Gasteiger partial charge in [0, 0.05) is 46.6 Å². The summed E-state index contributed by atoms with van der Waals surface area (Å²) in [5, 5.41) is 0.607. The number of fused-ring (bicyclic) bond motifs is 1. The maximum absolute atomic E-state index is 12.3. The van der Waals surface area contributed by atoms with E-state index in [2.05, 4.69) is 9.71 Å². The van der Waals surface area contributed by atoms with Gasteiger partial charge in [0.25, 0.3) is 0 Å². The van der Waals surface area contributed by atoms with Crippen LogP contribution in [0.2, 0.25) is 0 Å². The van der Waals surface area contributed by atoms with Gasteiger partial charge in [-0.2, -0.15) is 0 Å². The third kappa shape index (κ3) is 3.78. The van der Waals surface area contributed by atoms with Gasteiger partial charge in [0.1, 0.15) is 4.90 Å². The Morgan fingerprint density at radius 1 is 1.33 bits per heavy atom. The lowest BCUT2D eigenvalue weighted by molar-refractivity contribution is 0.581. The van der Waals surface area contributed by atoms with E-state index in [1.165, 1.54) is 12.3 Å². The van der Waals surface area contributed by atoms with E-state index in [0.717, 1.165) is 0 Å². The van der Waals surface area contributed by atoms with Crippen molar-refractivity contribution in [2.75, 3.05) is 24.3 Å². The highest BCUT2D eigenvalue weighted by atomic mass is 32.2. The van der Waals surface area contributed by atoms with Crippen LogP contribution in [0.1, 0.15) is 6.42 Å². The van der Waals surface area contributed by atoms with Crippen LogP contribution in [-0.4, -0.2) is 36.2 Å². The number of aromatic nitrogens is 1. The largest absolute Gasteiger partial charge is 0.398 e. The maximum Gasteiger partial charge on any atom is 0.242 e. The molecule has 1 aromatic heterocycles. The number of nitrogen functional groups attached to an aromatic ring is 1. The van der Waals surface area contributed by atoms with E-state index in [4.69, 9.17) is 5.73 Å². The zero-order valence-corrected chi connectivity index (χ0v) is 13.2. The van der Waals surface area contributed by atoms with Crippen molar-refractivity contribution in [2.24, 2.45) is 0 Å². The van der Waals surface area contributed by atoms with E-state index >= 15 is 0 Å². The number of anilines is 1. The molecule has 3 N–H and O–H groups in total. The number of nitrogens with one attached hydrogen (secondary N) is 1. The first-order valence-electron chi connectivity index (χ1n) is 6.35. The highest BCUT2D eigenvalue weighted by molar-refractivity contribution is 7.89. The van der Waals surface area contributed by atoms with Gasteiger partial charge in [0.15, 0.2) is 0 Å². The Balaban J connectivity index is 2.28. The van der Waals surface area contributed by atoms with Crippen LogP contribution in [0.4, 0.5) is 5.69 Å². The van der Waals surface area contributed by atoms with E-state index in [1.54, 1.807) is 24.5 Å². The summed E-state index contributed by atoms with van der Waals surface area (Å²) in [6.07, 6.45) is 3.63. The number of benzene rings is 1. The molecular weight excluding hydrogens is 310 g/mol. The molecule has 0 radical (unpaired) electrons. The highest BCUT2D eigenvalue weighted by Crippen LogP contribution is 2.25. The van der Waals surface area contributed by atoms with Gasteiger partial charge in [-0.15, -0.1) is 0 Å². The molecule has 2 aromatic rings. The van der Waals surface area contributed by atoms with E-state index in [-0.39, 0.29) is 11.4 Å². The lowest BCUT2D eigenvalue weighted by atomic mass is 10.2. The quantitative estimate of drug-likeness (QED) is 0.605. The molecule has 0 fully saturated rings. The maximum atomic E-state index is 12.3. The van der Waals surface area contributed by atoms with Gasteiger partial charge in [-0.25, -0.2) is 13.1 Å². The number of nitrogens with zero attached hydrogens (tertiary/aromatic N) is 1. The predicted molar refractivity (Wildman–Crippen MR) is 84.9 cm³/mol. The molecule has 0 spiro atoms. The van der Waals surface area contributed by atoms with E-state index < -0.39 is 20.8 Å². The fourth-order valence-electron chi connectivity index (χ4n) is 1.95. The van der Waals surface area contributed by atoms with Crippen LogP contribution in [0.15, 0.2) is 35.4 Å². The fourth-order valence-corrected chi connectivity index (χ4v) is 3.73. The monoisotopic (exact) mass is 327 g/mol. The zero-order valence-electron chi connectivity index (χ0n) is 11.6. The van der Waals surface area contributed by atoms with Crippen molar-refractivity contribution >= 4 is 37.4 Å². The van der Waals surface area contributed by atoms with Gasteiger partial charge in [-0.3, -0.25) is 9.19 Å². The van der Waals surface area contributed by atoms with Crippen molar-refractivity contribution in [2.45, 2.75) is 11.3 Å². The van der Waals surface area contributed by atoms with Crippen LogP contribution in [0, 0.1) is 0 Å². The second-order valence-corrected chi connectivity index (χ2v) is 7.87. The second-order valence-electron chi connectivity index (χ2n) is 4.58. The highest BCUT2D eigenvalue weighted by Gasteiger charge is 2.18. The lowest BCUT2D eigenvalue weighted by Crippen LogP contribution is -2.26. The molecule has 1 atom stereocenters. The lowest BCUT2D eigenvalue weighted by Gasteiger charge is -2.10. The molecule has 2 rings (SSSR count). The van der Waals surface area contributed by atoms with Gasteiger partial charge in [-0.1, -0.05) is 0 Å². The number of pyridine rings is 1. The van der Waals surface area contributed by atoms with Crippen LogP contribution in [0.25, 0.3) is 10.9 Å². The summed E-state index contributed by atoms with van der Waals surface area (Å²) in [5.74, 6) is 0.462. The molecule has 1 unspecified atom stereocenters. The average Bonchev–Trinajstić information content (AvgIpc) is 2.44. The molecular formula is C13H17N3O3S2. The Morgan fingerprint density at radius 3 is 2.81 bits per heavy atom. The molecule has 6 nitrogen and oxygen atoms in total. The van der Waals surface area contributed by atoms with Crippen molar-refractivity contribution in [3.63, 3.8) is 0 Å². The number of sulfonamides is 1. The number of nitrogens with two attached hydrogens (primary N) is 1. The first-order valence-corrected chi connectivity index (χ1v) is 9.56. The van der Waals surface area contributed by atoms with Gasteiger partial charge in [0.05, 0.1) is 5.52 Å². The average molecular weight is 327 g/mol. The second kappa shape index (κ2) is 6.50. The molecule has 0 aliphatic heterocycles. The third-order valence-electron chi connectivity index (χ3n) is 2.96. The third-order valence-corrected chi connectivity index (χ3v) is 5.31. The molecule has 21 heavy (non-hydrogen) atoms. The summed E-state index contributed by atoms with van der Waals surface area (Å²) in [5.41, 5.74) is 6.67. The van der Waals surface area contributed by atoms with Gasteiger partial charge in [0.2, 0.25) is 10.0 Å². The summed E-state index contributed by atoms with van der Waals surface area (Å²) in [7, 11) is -4.60. The Kier molecular flexibility index (Phi) is 4.92. The standard InChI is InChI=1S/C13H17N3O3S2/c1-20(17)9-3-8-16-21(18,19)12-6-5-11(14)10-4-2-7-15-13(10)12/h2,4-7,16H,3,8-9,14H2,1H3. The Bertz CT molecular complexity index is 775. The zero-order chi connectivity index (χ0) is 15.5. The molecule has 0 aliphatic rings. The summed E-state index contributed by atoms with van der Waals surface area (Å²) >= 11 is 0. The van der Waals surface area contributed by atoms with Crippen LogP contribution >= 0.6 is 0 Å². The SMILES string of the molecule is CS(=O)CCCNS(=O)(=O)c1ccc(N)c2cccnc12. The van der Waals surface area contributed by atoms with Gasteiger partial charge >= 0.3 is 0 Å². The Morgan fingerprint density at radius 2 is 2.10 bits per heavy atom. The minimum absolute atomic E-state index is 0.102. The summed E-state index contributed by atoms with van der Waals surface area (Å²) < 4.78 is 38.1. The molecule has 8 heteroatoms. The molecule has 114 valence electrons. The molecule has 0 bridgehead atoms. The smallest absolute Gasteiger partial charge is 0.242 e. The van der Waals surface area contributed by atoms with Crippen LogP contribution in [0.3, 0.4) is 0 Å². The fraction of sp³-hybridized carbons (Fsp3) is 0.308. The van der Waals surface area contributed by atoms with Crippen LogP contribution in [-0.2, 0) is 20.8 Å². The normalized spacial score (nSPS) is 13.4. The Labute approximate surface area is 126 Å². The van der Waals surface area contributed by atoms with Crippen LogP contribution in [0.5, 0.6) is 0 Å². The van der Waals surface area contributed by atoms with Crippen molar-refractivity contribution in [1.82, 2.24) is 9.71 Å². The minimum Gasteiger partial charge on any atom is -0.398 e. The van der Waals surface area contributed by atoms with Crippen molar-refractivity contribution < 1.29 is 12.6 Å². The Hall–Kier alpha value is -1.51. The molecule has 0 amide bonds. The molecule has 1 aromatic carbocycles.